The summed E-state index contributed by atoms with van der Waals surface area (Å²) in [6, 6.07) is 13.0. The lowest BCUT2D eigenvalue weighted by atomic mass is 9.86. The zero-order valence-corrected chi connectivity index (χ0v) is 16.1. The lowest BCUT2D eigenvalue weighted by Crippen LogP contribution is -2.56. The number of carbonyl (C=O) groups excluding carboxylic acids is 2. The Morgan fingerprint density at radius 3 is 2.37 bits per heavy atom. The number of hydrogen-bond acceptors (Lipinski definition) is 5. The van der Waals surface area contributed by atoms with Crippen LogP contribution in [0.3, 0.4) is 0 Å². The minimum atomic E-state index is -0.732. The molecule has 0 radical (unpaired) electrons. The van der Waals surface area contributed by atoms with Crippen molar-refractivity contribution in [3.63, 3.8) is 0 Å². The maximum Gasteiger partial charge on any atom is 0.407 e. The van der Waals surface area contributed by atoms with Crippen molar-refractivity contribution in [1.82, 2.24) is 21.2 Å². The van der Waals surface area contributed by atoms with Crippen molar-refractivity contribution < 1.29 is 14.3 Å². The van der Waals surface area contributed by atoms with Crippen molar-refractivity contribution in [2.24, 2.45) is 5.41 Å². The fourth-order valence-electron chi connectivity index (χ4n) is 2.48. The number of nitrogens with zero attached hydrogens (tertiary/aromatic N) is 1. The lowest BCUT2D eigenvalue weighted by Gasteiger charge is -2.29. The summed E-state index contributed by atoms with van der Waals surface area (Å²) in [6.07, 6.45) is 1.11. The van der Waals surface area contributed by atoms with E-state index in [1.807, 2.05) is 63.2 Å². The lowest BCUT2D eigenvalue weighted by molar-refractivity contribution is -0.126. The van der Waals surface area contributed by atoms with Gasteiger partial charge in [0.05, 0.1) is 12.8 Å². The first-order valence-electron chi connectivity index (χ1n) is 8.69. The molecule has 144 valence electrons. The number of carbonyl (C=O) groups is 2. The average molecular weight is 370 g/mol. The van der Waals surface area contributed by atoms with E-state index in [1.54, 1.807) is 6.20 Å². The van der Waals surface area contributed by atoms with Crippen LogP contribution in [0.1, 0.15) is 26.3 Å². The Kier molecular flexibility index (Phi) is 6.90. The van der Waals surface area contributed by atoms with Gasteiger partial charge in [-0.2, -0.15) is 0 Å². The number of ether oxygens (including phenoxy) is 1. The smallest absolute Gasteiger partial charge is 0.407 e. The van der Waals surface area contributed by atoms with Crippen LogP contribution in [0.4, 0.5) is 4.79 Å². The van der Waals surface area contributed by atoms with Gasteiger partial charge in [0.1, 0.15) is 6.04 Å². The summed E-state index contributed by atoms with van der Waals surface area (Å²) in [4.78, 5) is 28.2. The van der Waals surface area contributed by atoms with Crippen LogP contribution >= 0.6 is 0 Å². The van der Waals surface area contributed by atoms with Crippen molar-refractivity contribution in [3.8, 4) is 11.3 Å². The minimum absolute atomic E-state index is 0.335. The van der Waals surface area contributed by atoms with E-state index in [0.29, 0.717) is 6.54 Å². The molecule has 7 heteroatoms. The van der Waals surface area contributed by atoms with E-state index in [1.165, 1.54) is 7.11 Å². The zero-order chi connectivity index (χ0) is 19.9. The van der Waals surface area contributed by atoms with Crippen LogP contribution < -0.4 is 16.2 Å². The van der Waals surface area contributed by atoms with Gasteiger partial charge in [0.15, 0.2) is 0 Å². The summed E-state index contributed by atoms with van der Waals surface area (Å²) in [5, 5.41) is 2.56. The van der Waals surface area contributed by atoms with E-state index in [9.17, 15) is 9.59 Å². The highest BCUT2D eigenvalue weighted by Gasteiger charge is 2.33. The topological polar surface area (TPSA) is 92.3 Å². The highest BCUT2D eigenvalue weighted by molar-refractivity contribution is 5.86. The zero-order valence-electron chi connectivity index (χ0n) is 16.1. The van der Waals surface area contributed by atoms with Crippen molar-refractivity contribution in [1.29, 1.82) is 0 Å². The molecule has 1 heterocycles. The second kappa shape index (κ2) is 9.14. The van der Waals surface area contributed by atoms with Crippen molar-refractivity contribution in [3.05, 3.63) is 54.2 Å². The number of benzene rings is 1. The molecular weight excluding hydrogens is 344 g/mol. The Morgan fingerprint density at radius 2 is 1.81 bits per heavy atom. The molecule has 0 saturated heterocycles. The molecule has 2 aromatic rings. The summed E-state index contributed by atoms with van der Waals surface area (Å²) in [7, 11) is 1.26. The first-order valence-corrected chi connectivity index (χ1v) is 8.69. The van der Waals surface area contributed by atoms with Gasteiger partial charge in [0, 0.05) is 18.3 Å². The molecule has 0 spiro atoms. The standard InChI is InChI=1S/C20H26N4O3/c1-20(2,3)17(23-19(26)27-4)18(25)24-22-13-14-8-10-15(11-9-14)16-7-5-6-12-21-16/h5-12,17,22H,13H2,1-4H3,(H,23,26)(H,24,25)/t17-/m1/s1. The van der Waals surface area contributed by atoms with Gasteiger partial charge >= 0.3 is 6.09 Å². The van der Waals surface area contributed by atoms with Gasteiger partial charge in [0.2, 0.25) is 0 Å². The van der Waals surface area contributed by atoms with Gasteiger partial charge in [-0.3, -0.25) is 15.2 Å². The van der Waals surface area contributed by atoms with Gasteiger partial charge in [0.25, 0.3) is 5.91 Å². The highest BCUT2D eigenvalue weighted by Crippen LogP contribution is 2.19. The van der Waals surface area contributed by atoms with Crippen LogP contribution in [-0.4, -0.2) is 30.1 Å². The number of amides is 2. The third-order valence-electron chi connectivity index (χ3n) is 3.99. The number of aromatic nitrogens is 1. The molecule has 0 aliphatic carbocycles. The molecule has 0 unspecified atom stereocenters. The number of alkyl carbamates (subject to hydrolysis) is 1. The van der Waals surface area contributed by atoms with E-state index < -0.39 is 17.6 Å². The molecular formula is C20H26N4O3. The SMILES string of the molecule is COC(=O)N[C@H](C(=O)NNCc1ccc(-c2ccccn2)cc1)C(C)(C)C. The second-order valence-electron chi connectivity index (χ2n) is 7.19. The molecule has 2 rings (SSSR count). The molecule has 3 N–H and O–H groups in total. The fourth-order valence-corrected chi connectivity index (χ4v) is 2.48. The summed E-state index contributed by atoms with van der Waals surface area (Å²) < 4.78 is 4.59. The Bertz CT molecular complexity index is 755. The van der Waals surface area contributed by atoms with Crippen LogP contribution in [0.2, 0.25) is 0 Å². The normalized spacial score (nSPS) is 12.1. The maximum atomic E-state index is 12.4. The molecule has 0 aliphatic heterocycles. The average Bonchev–Trinajstić information content (AvgIpc) is 2.66. The van der Waals surface area contributed by atoms with Gasteiger partial charge in [-0.1, -0.05) is 51.1 Å². The second-order valence-corrected chi connectivity index (χ2v) is 7.19. The monoisotopic (exact) mass is 370 g/mol. The summed E-state index contributed by atoms with van der Waals surface area (Å²) in [5.74, 6) is -0.335. The largest absolute Gasteiger partial charge is 0.453 e. The number of hydrogen-bond donors (Lipinski definition) is 3. The summed E-state index contributed by atoms with van der Waals surface area (Å²) in [6.45, 7) is 6.04. The highest BCUT2D eigenvalue weighted by atomic mass is 16.5. The first-order chi connectivity index (χ1) is 12.8. The Morgan fingerprint density at radius 1 is 1.11 bits per heavy atom. The van der Waals surface area contributed by atoms with E-state index in [0.717, 1.165) is 16.8 Å². The van der Waals surface area contributed by atoms with Crippen molar-refractivity contribution in [2.45, 2.75) is 33.4 Å². The molecule has 0 saturated carbocycles. The summed E-state index contributed by atoms with van der Waals surface area (Å²) >= 11 is 0. The predicted octanol–water partition coefficient (Wildman–Crippen LogP) is 2.64. The molecule has 2 amide bonds. The molecule has 7 nitrogen and oxygen atoms in total. The van der Waals surface area contributed by atoms with Gasteiger partial charge in [-0.25, -0.2) is 10.2 Å². The van der Waals surface area contributed by atoms with E-state index >= 15 is 0 Å². The number of hydrazine groups is 1. The van der Waals surface area contributed by atoms with Crippen molar-refractivity contribution >= 4 is 12.0 Å². The third kappa shape index (κ3) is 6.07. The minimum Gasteiger partial charge on any atom is -0.453 e. The fraction of sp³-hybridized carbons (Fsp3) is 0.350. The Balaban J connectivity index is 1.90. The van der Waals surface area contributed by atoms with Crippen LogP contribution in [0.5, 0.6) is 0 Å². The van der Waals surface area contributed by atoms with E-state index in [2.05, 4.69) is 25.9 Å². The molecule has 1 atom stereocenters. The molecule has 0 fully saturated rings. The van der Waals surface area contributed by atoms with Crippen LogP contribution in [-0.2, 0) is 16.1 Å². The van der Waals surface area contributed by atoms with Gasteiger partial charge in [-0.05, 0) is 23.1 Å². The first kappa shape index (κ1) is 20.4. The number of rotatable bonds is 6. The maximum absolute atomic E-state index is 12.4. The third-order valence-corrected chi connectivity index (χ3v) is 3.99. The molecule has 0 aliphatic rings. The van der Waals surface area contributed by atoms with Crippen LogP contribution in [0.15, 0.2) is 48.7 Å². The van der Waals surface area contributed by atoms with Gasteiger partial charge in [-0.15, -0.1) is 0 Å². The van der Waals surface area contributed by atoms with E-state index in [-0.39, 0.29) is 5.91 Å². The molecule has 0 bridgehead atoms. The van der Waals surface area contributed by atoms with Gasteiger partial charge < -0.3 is 10.1 Å². The van der Waals surface area contributed by atoms with Crippen molar-refractivity contribution in [2.75, 3.05) is 7.11 Å². The molecule has 27 heavy (non-hydrogen) atoms. The number of nitrogens with one attached hydrogen (secondary N) is 3. The van der Waals surface area contributed by atoms with Crippen LogP contribution in [0, 0.1) is 5.41 Å². The molecule has 1 aromatic carbocycles. The number of methoxy groups -OCH3 is 1. The summed E-state index contributed by atoms with van der Waals surface area (Å²) in [5.41, 5.74) is 8.01. The molecule has 1 aromatic heterocycles. The van der Waals surface area contributed by atoms with Crippen LogP contribution in [0.25, 0.3) is 11.3 Å². The Hall–Kier alpha value is -2.93. The van der Waals surface area contributed by atoms with E-state index in [4.69, 9.17) is 0 Å². The predicted molar refractivity (Wildman–Crippen MR) is 103 cm³/mol. The Labute approximate surface area is 159 Å². The quantitative estimate of drug-likeness (QED) is 0.680. The number of pyridine rings is 1.